The second-order valence-corrected chi connectivity index (χ2v) is 5.63. The summed E-state index contributed by atoms with van der Waals surface area (Å²) in [6.07, 6.45) is 1.57. The Morgan fingerprint density at radius 1 is 1.42 bits per heavy atom. The van der Waals surface area contributed by atoms with E-state index < -0.39 is 5.41 Å². The Balaban J connectivity index is 2.52. The van der Waals surface area contributed by atoms with Crippen molar-refractivity contribution in [1.29, 1.82) is 0 Å². The molecule has 0 saturated carbocycles. The van der Waals surface area contributed by atoms with Gasteiger partial charge in [-0.1, -0.05) is 20.8 Å². The molecule has 0 saturated heterocycles. The number of nitrogens with zero attached hydrogens (tertiary/aromatic N) is 1. The van der Waals surface area contributed by atoms with Gasteiger partial charge in [0.25, 0.3) is 0 Å². The summed E-state index contributed by atoms with van der Waals surface area (Å²) >= 11 is 0. The van der Waals surface area contributed by atoms with Crippen LogP contribution in [-0.2, 0) is 9.59 Å². The maximum Gasteiger partial charge on any atom is 0.242 e. The second-order valence-electron chi connectivity index (χ2n) is 5.63. The standard InChI is InChI=1S/C14H22N2O3/c1-10(11-7-6-8-19-11)16(5)12(17)9-15-13(18)14(2,3)4/h6-8,10H,9H2,1-5H3,(H,15,18). The van der Waals surface area contributed by atoms with E-state index >= 15 is 0 Å². The van der Waals surface area contributed by atoms with E-state index in [0.29, 0.717) is 0 Å². The molecule has 1 aromatic heterocycles. The number of likely N-dealkylation sites (N-methyl/N-ethyl adjacent to an activating group) is 1. The molecule has 0 bridgehead atoms. The van der Waals surface area contributed by atoms with Crippen molar-refractivity contribution in [2.75, 3.05) is 13.6 Å². The molecule has 0 aliphatic carbocycles. The number of carbonyl (C=O) groups is 2. The lowest BCUT2D eigenvalue weighted by Crippen LogP contribution is -2.42. The lowest BCUT2D eigenvalue weighted by Gasteiger charge is -2.24. The van der Waals surface area contributed by atoms with Gasteiger partial charge in [-0.15, -0.1) is 0 Å². The van der Waals surface area contributed by atoms with Crippen LogP contribution in [0.3, 0.4) is 0 Å². The third kappa shape index (κ3) is 4.12. The smallest absolute Gasteiger partial charge is 0.242 e. The van der Waals surface area contributed by atoms with Gasteiger partial charge in [-0.05, 0) is 19.1 Å². The lowest BCUT2D eigenvalue weighted by atomic mass is 9.96. The van der Waals surface area contributed by atoms with Crippen LogP contribution in [0.25, 0.3) is 0 Å². The molecule has 0 aliphatic heterocycles. The van der Waals surface area contributed by atoms with Gasteiger partial charge >= 0.3 is 0 Å². The number of amides is 2. The van der Waals surface area contributed by atoms with E-state index in [2.05, 4.69) is 5.32 Å². The summed E-state index contributed by atoms with van der Waals surface area (Å²) in [5.41, 5.74) is -0.495. The fourth-order valence-corrected chi connectivity index (χ4v) is 1.48. The molecule has 5 nitrogen and oxygen atoms in total. The summed E-state index contributed by atoms with van der Waals surface area (Å²) in [6.45, 7) is 7.30. The molecule has 0 aliphatic rings. The van der Waals surface area contributed by atoms with Gasteiger partial charge < -0.3 is 14.6 Å². The summed E-state index contributed by atoms with van der Waals surface area (Å²) in [5, 5.41) is 2.64. The highest BCUT2D eigenvalue weighted by molar-refractivity contribution is 5.87. The Kier molecular flexibility index (Phi) is 4.75. The van der Waals surface area contributed by atoms with Crippen LogP contribution >= 0.6 is 0 Å². The molecule has 1 aromatic rings. The minimum atomic E-state index is -0.495. The third-order valence-electron chi connectivity index (χ3n) is 3.01. The predicted octanol–water partition coefficient (Wildman–Crippen LogP) is 1.96. The number of rotatable bonds is 4. The normalized spacial score (nSPS) is 12.9. The molecule has 0 aromatic carbocycles. The van der Waals surface area contributed by atoms with Crippen LogP contribution in [-0.4, -0.2) is 30.3 Å². The Morgan fingerprint density at radius 3 is 2.53 bits per heavy atom. The van der Waals surface area contributed by atoms with Gasteiger partial charge in [0.05, 0.1) is 18.8 Å². The van der Waals surface area contributed by atoms with Gasteiger partial charge in [-0.3, -0.25) is 9.59 Å². The fourth-order valence-electron chi connectivity index (χ4n) is 1.48. The zero-order chi connectivity index (χ0) is 14.6. The molecule has 19 heavy (non-hydrogen) atoms. The van der Waals surface area contributed by atoms with Crippen LogP contribution in [0.5, 0.6) is 0 Å². The third-order valence-corrected chi connectivity index (χ3v) is 3.01. The molecule has 1 N–H and O–H groups in total. The fraction of sp³-hybridized carbons (Fsp3) is 0.571. The molecule has 2 amide bonds. The number of hydrogen-bond donors (Lipinski definition) is 1. The number of hydrogen-bond acceptors (Lipinski definition) is 3. The Labute approximate surface area is 114 Å². The quantitative estimate of drug-likeness (QED) is 0.906. The van der Waals surface area contributed by atoms with Crippen molar-refractivity contribution in [2.24, 2.45) is 5.41 Å². The first-order valence-corrected chi connectivity index (χ1v) is 6.31. The Morgan fingerprint density at radius 2 is 2.05 bits per heavy atom. The first-order valence-electron chi connectivity index (χ1n) is 6.31. The highest BCUT2D eigenvalue weighted by Crippen LogP contribution is 2.18. The van der Waals surface area contributed by atoms with Crippen molar-refractivity contribution in [3.05, 3.63) is 24.2 Å². The second kappa shape index (κ2) is 5.91. The van der Waals surface area contributed by atoms with E-state index in [1.807, 2.05) is 33.8 Å². The van der Waals surface area contributed by atoms with E-state index in [4.69, 9.17) is 4.42 Å². The van der Waals surface area contributed by atoms with Crippen molar-refractivity contribution in [2.45, 2.75) is 33.7 Å². The number of carbonyl (C=O) groups excluding carboxylic acids is 2. The van der Waals surface area contributed by atoms with Gasteiger partial charge in [0, 0.05) is 12.5 Å². The molecule has 5 heteroatoms. The van der Waals surface area contributed by atoms with Gasteiger partial charge in [0.1, 0.15) is 5.76 Å². The highest BCUT2D eigenvalue weighted by Gasteiger charge is 2.24. The maximum atomic E-state index is 12.0. The summed E-state index contributed by atoms with van der Waals surface area (Å²) in [6, 6.07) is 3.45. The first kappa shape index (κ1) is 15.3. The molecular formula is C14H22N2O3. The minimum Gasteiger partial charge on any atom is -0.467 e. The zero-order valence-corrected chi connectivity index (χ0v) is 12.2. The molecular weight excluding hydrogens is 244 g/mol. The zero-order valence-electron chi connectivity index (χ0n) is 12.2. The van der Waals surface area contributed by atoms with Crippen LogP contribution in [0.15, 0.2) is 22.8 Å². The van der Waals surface area contributed by atoms with E-state index in [1.165, 1.54) is 0 Å². The summed E-state index contributed by atoms with van der Waals surface area (Å²) in [5.74, 6) is 0.430. The minimum absolute atomic E-state index is 0.00233. The predicted molar refractivity (Wildman–Crippen MR) is 72.4 cm³/mol. The van der Waals surface area contributed by atoms with Crippen molar-refractivity contribution in [1.82, 2.24) is 10.2 Å². The van der Waals surface area contributed by atoms with Crippen molar-refractivity contribution in [3.63, 3.8) is 0 Å². The largest absolute Gasteiger partial charge is 0.467 e. The van der Waals surface area contributed by atoms with Gasteiger partial charge in [0.2, 0.25) is 11.8 Å². The van der Waals surface area contributed by atoms with Crippen molar-refractivity contribution < 1.29 is 14.0 Å². The molecule has 1 rings (SSSR count). The summed E-state index contributed by atoms with van der Waals surface area (Å²) < 4.78 is 5.27. The highest BCUT2D eigenvalue weighted by atomic mass is 16.3. The summed E-state index contributed by atoms with van der Waals surface area (Å²) in [7, 11) is 1.69. The van der Waals surface area contributed by atoms with E-state index in [1.54, 1.807) is 24.3 Å². The SMILES string of the molecule is CC(c1ccco1)N(C)C(=O)CNC(=O)C(C)(C)C. The molecule has 1 unspecified atom stereocenters. The Bertz CT molecular complexity index is 432. The van der Waals surface area contributed by atoms with Crippen LogP contribution in [0.2, 0.25) is 0 Å². The topological polar surface area (TPSA) is 62.6 Å². The molecule has 106 valence electrons. The van der Waals surface area contributed by atoms with Gasteiger partial charge in [-0.2, -0.15) is 0 Å². The average molecular weight is 266 g/mol. The maximum absolute atomic E-state index is 12.0. The molecule has 0 radical (unpaired) electrons. The monoisotopic (exact) mass is 266 g/mol. The first-order chi connectivity index (χ1) is 8.73. The van der Waals surface area contributed by atoms with Crippen molar-refractivity contribution in [3.8, 4) is 0 Å². The number of furan rings is 1. The molecule has 1 atom stereocenters. The van der Waals surface area contributed by atoms with Gasteiger partial charge in [-0.25, -0.2) is 0 Å². The summed E-state index contributed by atoms with van der Waals surface area (Å²) in [4.78, 5) is 25.2. The molecule has 0 fully saturated rings. The van der Waals surface area contributed by atoms with Crippen LogP contribution in [0.1, 0.15) is 39.5 Å². The number of nitrogens with one attached hydrogen (secondary N) is 1. The van der Waals surface area contributed by atoms with Crippen molar-refractivity contribution >= 4 is 11.8 Å². The van der Waals surface area contributed by atoms with E-state index in [-0.39, 0.29) is 24.4 Å². The average Bonchev–Trinajstić information content (AvgIpc) is 2.86. The lowest BCUT2D eigenvalue weighted by molar-refractivity contribution is -0.135. The van der Waals surface area contributed by atoms with E-state index in [0.717, 1.165) is 5.76 Å². The van der Waals surface area contributed by atoms with Crippen LogP contribution in [0.4, 0.5) is 0 Å². The Hall–Kier alpha value is -1.78. The molecule has 1 heterocycles. The van der Waals surface area contributed by atoms with Crippen LogP contribution in [0, 0.1) is 5.41 Å². The van der Waals surface area contributed by atoms with E-state index in [9.17, 15) is 9.59 Å². The van der Waals surface area contributed by atoms with Gasteiger partial charge in [0.15, 0.2) is 0 Å². The van der Waals surface area contributed by atoms with Crippen LogP contribution < -0.4 is 5.32 Å². The molecule has 0 spiro atoms.